The zero-order valence-electron chi connectivity index (χ0n) is 19.8. The lowest BCUT2D eigenvalue weighted by molar-refractivity contribution is 0.0713. The highest BCUT2D eigenvalue weighted by atomic mass is 16.2. The predicted octanol–water partition coefficient (Wildman–Crippen LogP) is 3.51. The maximum absolute atomic E-state index is 13.3. The van der Waals surface area contributed by atoms with E-state index >= 15 is 0 Å². The maximum atomic E-state index is 13.3. The Morgan fingerprint density at radius 2 is 1.69 bits per heavy atom. The largest absolute Gasteiger partial charge is 0.350 e. The number of benzene rings is 2. The monoisotopic (exact) mass is 482 g/mol. The molecule has 182 valence electrons. The maximum Gasteiger partial charge on any atom is 0.338 e. The lowest BCUT2D eigenvalue weighted by atomic mass is 9.89. The molecule has 0 aliphatic carbocycles. The van der Waals surface area contributed by atoms with Gasteiger partial charge in [0, 0.05) is 36.6 Å². The topological polar surface area (TPSA) is 132 Å². The molecule has 1 aliphatic rings. The highest BCUT2D eigenvalue weighted by Crippen LogP contribution is 2.29. The van der Waals surface area contributed by atoms with E-state index < -0.39 is 11.9 Å². The van der Waals surface area contributed by atoms with Crippen molar-refractivity contribution in [3.05, 3.63) is 94.8 Å². The van der Waals surface area contributed by atoms with Crippen LogP contribution in [0.4, 0.5) is 10.5 Å². The standard InChI is InChI=1S/C27H26N6O3/c1-18-2-5-23(16-24(18)33(27(29)36)31-25(34)22-8-12-30-13-9-22)26(35)32-14-10-21(11-15-32)20-6-3-19(17-28)4-7-20/h2-9,12-13,16,21H,10-11,14-15H2,1H3,(H2,29,36)(H,31,34). The van der Waals surface area contributed by atoms with Gasteiger partial charge in [-0.2, -0.15) is 5.26 Å². The minimum Gasteiger partial charge on any atom is -0.350 e. The molecule has 4 rings (SSSR count). The number of urea groups is 1. The number of anilines is 1. The fourth-order valence-corrected chi connectivity index (χ4v) is 4.32. The average molecular weight is 483 g/mol. The number of hydrazine groups is 1. The number of nitriles is 1. The second-order valence-corrected chi connectivity index (χ2v) is 8.65. The highest BCUT2D eigenvalue weighted by Gasteiger charge is 2.26. The summed E-state index contributed by atoms with van der Waals surface area (Å²) < 4.78 is 0. The zero-order chi connectivity index (χ0) is 25.7. The summed E-state index contributed by atoms with van der Waals surface area (Å²) in [7, 11) is 0. The van der Waals surface area contributed by atoms with Crippen molar-refractivity contribution in [1.29, 1.82) is 5.26 Å². The van der Waals surface area contributed by atoms with Crippen molar-refractivity contribution < 1.29 is 14.4 Å². The third-order valence-electron chi connectivity index (χ3n) is 6.37. The van der Waals surface area contributed by atoms with Gasteiger partial charge in [-0.3, -0.25) is 20.0 Å². The van der Waals surface area contributed by atoms with Gasteiger partial charge < -0.3 is 10.6 Å². The van der Waals surface area contributed by atoms with Gasteiger partial charge in [0.15, 0.2) is 0 Å². The first-order valence-electron chi connectivity index (χ1n) is 11.6. The van der Waals surface area contributed by atoms with E-state index in [1.165, 1.54) is 30.1 Å². The van der Waals surface area contributed by atoms with Crippen molar-refractivity contribution in [2.75, 3.05) is 18.1 Å². The summed E-state index contributed by atoms with van der Waals surface area (Å²) in [6.07, 6.45) is 4.56. The van der Waals surface area contributed by atoms with Crippen molar-refractivity contribution in [3.63, 3.8) is 0 Å². The Bertz CT molecular complexity index is 1310. The molecule has 0 bridgehead atoms. The van der Waals surface area contributed by atoms with Gasteiger partial charge in [-0.25, -0.2) is 9.80 Å². The summed E-state index contributed by atoms with van der Waals surface area (Å²) in [5.41, 5.74) is 11.6. The van der Waals surface area contributed by atoms with E-state index in [-0.39, 0.29) is 5.91 Å². The third kappa shape index (κ3) is 5.33. The first-order chi connectivity index (χ1) is 17.4. The van der Waals surface area contributed by atoms with Crippen LogP contribution >= 0.6 is 0 Å². The fraction of sp³-hybridized carbons (Fsp3) is 0.222. The number of piperidine rings is 1. The van der Waals surface area contributed by atoms with E-state index in [4.69, 9.17) is 11.0 Å². The summed E-state index contributed by atoms with van der Waals surface area (Å²) in [4.78, 5) is 43.8. The van der Waals surface area contributed by atoms with Crippen molar-refractivity contribution in [2.45, 2.75) is 25.7 Å². The molecule has 1 fully saturated rings. The number of likely N-dealkylation sites (tertiary alicyclic amines) is 1. The first-order valence-corrected chi connectivity index (χ1v) is 11.6. The second kappa shape index (κ2) is 10.7. The molecule has 3 aromatic rings. The van der Waals surface area contributed by atoms with Gasteiger partial charge >= 0.3 is 6.03 Å². The summed E-state index contributed by atoms with van der Waals surface area (Å²) in [6.45, 7) is 2.94. The van der Waals surface area contributed by atoms with Gasteiger partial charge in [-0.15, -0.1) is 0 Å². The Labute approximate surface area is 209 Å². The number of carbonyl (C=O) groups excluding carboxylic acids is 3. The number of carbonyl (C=O) groups is 3. The van der Waals surface area contributed by atoms with Crippen molar-refractivity contribution in [1.82, 2.24) is 15.3 Å². The molecule has 36 heavy (non-hydrogen) atoms. The van der Waals surface area contributed by atoms with Crippen LogP contribution in [0.15, 0.2) is 67.0 Å². The Kier molecular flexibility index (Phi) is 7.25. The van der Waals surface area contributed by atoms with E-state index in [2.05, 4.69) is 16.5 Å². The molecule has 0 atom stereocenters. The normalized spacial score (nSPS) is 13.5. The number of hydrogen-bond donors (Lipinski definition) is 2. The van der Waals surface area contributed by atoms with Crippen LogP contribution in [0.3, 0.4) is 0 Å². The van der Waals surface area contributed by atoms with Crippen molar-refractivity contribution in [2.24, 2.45) is 5.73 Å². The molecule has 2 aromatic carbocycles. The van der Waals surface area contributed by atoms with E-state index in [9.17, 15) is 14.4 Å². The van der Waals surface area contributed by atoms with Gasteiger partial charge in [0.05, 0.1) is 17.3 Å². The van der Waals surface area contributed by atoms with Crippen molar-refractivity contribution >= 4 is 23.5 Å². The Morgan fingerprint density at radius 1 is 1.03 bits per heavy atom. The van der Waals surface area contributed by atoms with Crippen LogP contribution in [0, 0.1) is 18.3 Å². The number of primary amides is 1. The van der Waals surface area contributed by atoms with Gasteiger partial charge in [-0.05, 0) is 73.2 Å². The van der Waals surface area contributed by atoms with Crippen LogP contribution in [0.2, 0.25) is 0 Å². The number of nitrogens with one attached hydrogen (secondary N) is 1. The van der Waals surface area contributed by atoms with Gasteiger partial charge in [0.2, 0.25) is 0 Å². The van der Waals surface area contributed by atoms with Crippen LogP contribution in [0.1, 0.15) is 56.2 Å². The van der Waals surface area contributed by atoms with E-state index in [0.717, 1.165) is 17.9 Å². The van der Waals surface area contributed by atoms with Crippen LogP contribution in [-0.4, -0.2) is 40.8 Å². The molecular formula is C27H26N6O3. The molecule has 9 heteroatoms. The molecule has 0 unspecified atom stereocenters. The number of amides is 4. The Hall–Kier alpha value is -4.71. The van der Waals surface area contributed by atoms with Gasteiger partial charge in [0.1, 0.15) is 0 Å². The number of pyridine rings is 1. The highest BCUT2D eigenvalue weighted by molar-refractivity contribution is 6.02. The van der Waals surface area contributed by atoms with Crippen LogP contribution in [0.25, 0.3) is 0 Å². The molecule has 4 amide bonds. The molecular weight excluding hydrogens is 456 g/mol. The first kappa shape index (κ1) is 24.4. The summed E-state index contributed by atoms with van der Waals surface area (Å²) in [5.74, 6) is -0.360. The van der Waals surface area contributed by atoms with Crippen LogP contribution in [0.5, 0.6) is 0 Å². The predicted molar refractivity (Wildman–Crippen MR) is 134 cm³/mol. The second-order valence-electron chi connectivity index (χ2n) is 8.65. The molecule has 1 saturated heterocycles. The lowest BCUT2D eigenvalue weighted by Crippen LogP contribution is -2.49. The van der Waals surface area contributed by atoms with Gasteiger partial charge in [0.25, 0.3) is 11.8 Å². The lowest BCUT2D eigenvalue weighted by Gasteiger charge is -2.32. The zero-order valence-corrected chi connectivity index (χ0v) is 19.8. The number of hydrogen-bond acceptors (Lipinski definition) is 5. The summed E-state index contributed by atoms with van der Waals surface area (Å²) in [6, 6.07) is 16.9. The number of rotatable bonds is 4. The molecule has 1 aliphatic heterocycles. The third-order valence-corrected chi connectivity index (χ3v) is 6.37. The van der Waals surface area contributed by atoms with Gasteiger partial charge in [-0.1, -0.05) is 18.2 Å². The average Bonchev–Trinajstić information content (AvgIpc) is 2.92. The summed E-state index contributed by atoms with van der Waals surface area (Å²) >= 11 is 0. The van der Waals surface area contributed by atoms with E-state index in [1.54, 1.807) is 30.0 Å². The quantitative estimate of drug-likeness (QED) is 0.549. The Morgan fingerprint density at radius 3 is 2.31 bits per heavy atom. The SMILES string of the molecule is Cc1ccc(C(=O)N2CCC(c3ccc(C#N)cc3)CC2)cc1N(NC(=O)c1ccncc1)C(N)=O. The Balaban J connectivity index is 1.48. The molecule has 2 heterocycles. The smallest absolute Gasteiger partial charge is 0.338 e. The molecule has 0 radical (unpaired) electrons. The molecule has 0 saturated carbocycles. The van der Waals surface area contributed by atoms with E-state index in [1.807, 2.05) is 24.3 Å². The molecule has 1 aromatic heterocycles. The van der Waals surface area contributed by atoms with E-state index in [0.29, 0.717) is 46.9 Å². The minimum absolute atomic E-state index is 0.153. The summed E-state index contributed by atoms with van der Waals surface area (Å²) in [5, 5.41) is 9.94. The number of aromatic nitrogens is 1. The van der Waals surface area contributed by atoms with Crippen LogP contribution in [-0.2, 0) is 0 Å². The van der Waals surface area contributed by atoms with Crippen LogP contribution < -0.4 is 16.2 Å². The minimum atomic E-state index is -0.881. The van der Waals surface area contributed by atoms with Crippen molar-refractivity contribution in [3.8, 4) is 6.07 Å². The molecule has 9 nitrogen and oxygen atoms in total. The molecule has 3 N–H and O–H groups in total. The molecule has 0 spiro atoms. The fourth-order valence-electron chi connectivity index (χ4n) is 4.32. The number of nitrogens with zero attached hydrogens (tertiary/aromatic N) is 4. The number of nitrogens with two attached hydrogens (primary N) is 1. The number of aryl methyl sites for hydroxylation is 1.